The van der Waals surface area contributed by atoms with E-state index >= 15 is 0 Å². The number of nitrogens with one attached hydrogen (secondary N) is 2. The van der Waals surface area contributed by atoms with Crippen molar-refractivity contribution in [3.05, 3.63) is 54.4 Å². The Labute approximate surface area is 170 Å². The van der Waals surface area contributed by atoms with Crippen LogP contribution in [0.2, 0.25) is 0 Å². The maximum absolute atomic E-state index is 12.8. The van der Waals surface area contributed by atoms with E-state index in [-0.39, 0.29) is 18.9 Å². The van der Waals surface area contributed by atoms with Crippen molar-refractivity contribution in [1.29, 1.82) is 0 Å². The molecule has 0 saturated carbocycles. The number of rotatable bonds is 6. The largest absolute Gasteiger partial charge is 0.368 e. The maximum atomic E-state index is 12.8. The summed E-state index contributed by atoms with van der Waals surface area (Å²) in [6, 6.07) is 8.14. The van der Waals surface area contributed by atoms with Crippen LogP contribution in [0.4, 0.5) is 10.5 Å². The summed E-state index contributed by atoms with van der Waals surface area (Å²) in [5, 5.41) is 5.32. The van der Waals surface area contributed by atoms with Crippen molar-refractivity contribution in [3.63, 3.8) is 0 Å². The Kier molecular flexibility index (Phi) is 7.29. The molecule has 1 aromatic heterocycles. The van der Waals surface area contributed by atoms with Crippen LogP contribution in [0.15, 0.2) is 53.7 Å². The SMILES string of the molecule is C.NC(=O)[C@H]1CCCN1S(=O)(=O)c1ccc(NC(=O)NCc2cccnc2)cc1. The molecule has 3 rings (SSSR count). The zero-order valence-corrected chi connectivity index (χ0v) is 15.9. The van der Waals surface area contributed by atoms with Crippen LogP contribution in [0.5, 0.6) is 0 Å². The lowest BCUT2D eigenvalue weighted by atomic mass is 10.2. The van der Waals surface area contributed by atoms with Crippen LogP contribution in [0.25, 0.3) is 0 Å². The highest BCUT2D eigenvalue weighted by atomic mass is 32.2. The minimum absolute atomic E-state index is 0. The molecule has 2 heterocycles. The first kappa shape index (κ1) is 22.3. The van der Waals surface area contributed by atoms with E-state index in [9.17, 15) is 18.0 Å². The number of hydrogen-bond acceptors (Lipinski definition) is 5. The highest BCUT2D eigenvalue weighted by Gasteiger charge is 2.38. The second kappa shape index (κ2) is 9.48. The number of carbonyl (C=O) groups excluding carboxylic acids is 2. The Hall–Kier alpha value is -2.98. The molecule has 10 heteroatoms. The molecular weight excluding hydrogens is 394 g/mol. The monoisotopic (exact) mass is 419 g/mol. The van der Waals surface area contributed by atoms with Gasteiger partial charge >= 0.3 is 6.03 Å². The van der Waals surface area contributed by atoms with E-state index in [2.05, 4.69) is 15.6 Å². The van der Waals surface area contributed by atoms with Crippen molar-refractivity contribution in [2.24, 2.45) is 5.73 Å². The molecule has 0 bridgehead atoms. The number of nitrogens with zero attached hydrogens (tertiary/aromatic N) is 2. The summed E-state index contributed by atoms with van der Waals surface area (Å²) in [7, 11) is -3.83. The van der Waals surface area contributed by atoms with Crippen molar-refractivity contribution < 1.29 is 18.0 Å². The van der Waals surface area contributed by atoms with E-state index in [0.717, 1.165) is 9.87 Å². The van der Waals surface area contributed by atoms with Crippen LogP contribution < -0.4 is 16.4 Å². The summed E-state index contributed by atoms with van der Waals surface area (Å²) in [6.45, 7) is 0.572. The zero-order valence-electron chi connectivity index (χ0n) is 15.0. The molecule has 1 fully saturated rings. The van der Waals surface area contributed by atoms with Crippen LogP contribution in [0.3, 0.4) is 0 Å². The van der Waals surface area contributed by atoms with E-state index < -0.39 is 28.0 Å². The van der Waals surface area contributed by atoms with Gasteiger partial charge in [0.15, 0.2) is 0 Å². The molecule has 0 spiro atoms. The minimum Gasteiger partial charge on any atom is -0.368 e. The highest BCUT2D eigenvalue weighted by Crippen LogP contribution is 2.26. The Morgan fingerprint density at radius 3 is 2.55 bits per heavy atom. The molecular formula is C19H25N5O4S. The Balaban J connectivity index is 0.00000300. The molecule has 3 amide bonds. The predicted molar refractivity (Wildman–Crippen MR) is 109 cm³/mol. The van der Waals surface area contributed by atoms with Gasteiger partial charge in [0.05, 0.1) is 4.90 Å². The molecule has 0 aliphatic carbocycles. The maximum Gasteiger partial charge on any atom is 0.319 e. The second-order valence-corrected chi connectivity index (χ2v) is 8.26. The molecule has 1 saturated heterocycles. The summed E-state index contributed by atoms with van der Waals surface area (Å²) in [4.78, 5) is 27.5. The number of primary amides is 1. The van der Waals surface area contributed by atoms with Gasteiger partial charge in [-0.15, -0.1) is 0 Å². The molecule has 1 aliphatic heterocycles. The molecule has 1 aliphatic rings. The number of sulfonamides is 1. The van der Waals surface area contributed by atoms with Gasteiger partial charge in [-0.3, -0.25) is 9.78 Å². The molecule has 1 atom stereocenters. The molecule has 4 N–H and O–H groups in total. The second-order valence-electron chi connectivity index (χ2n) is 6.37. The summed E-state index contributed by atoms with van der Waals surface area (Å²) < 4.78 is 26.6. The van der Waals surface area contributed by atoms with Gasteiger partial charge in [-0.2, -0.15) is 4.31 Å². The number of nitrogens with two attached hydrogens (primary N) is 1. The first-order valence-corrected chi connectivity index (χ1v) is 10.2. The number of anilines is 1. The van der Waals surface area contributed by atoms with Crippen LogP contribution in [0, 0.1) is 0 Å². The van der Waals surface area contributed by atoms with Crippen molar-refractivity contribution in [2.45, 2.75) is 37.8 Å². The van der Waals surface area contributed by atoms with Crippen LogP contribution in [0.1, 0.15) is 25.8 Å². The summed E-state index contributed by atoms with van der Waals surface area (Å²) >= 11 is 0. The third-order valence-electron chi connectivity index (χ3n) is 4.43. The van der Waals surface area contributed by atoms with Crippen molar-refractivity contribution in [2.75, 3.05) is 11.9 Å². The summed E-state index contributed by atoms with van der Waals surface area (Å²) in [5.41, 5.74) is 6.60. The van der Waals surface area contributed by atoms with Crippen LogP contribution in [-0.2, 0) is 21.4 Å². The van der Waals surface area contributed by atoms with Crippen LogP contribution in [-0.4, -0.2) is 42.2 Å². The Morgan fingerprint density at radius 2 is 1.93 bits per heavy atom. The van der Waals surface area contributed by atoms with E-state index in [1.165, 1.54) is 24.3 Å². The fraction of sp³-hybridized carbons (Fsp3) is 0.316. The van der Waals surface area contributed by atoms with E-state index in [1.807, 2.05) is 6.07 Å². The first-order valence-electron chi connectivity index (χ1n) is 8.73. The van der Waals surface area contributed by atoms with Crippen molar-refractivity contribution in [1.82, 2.24) is 14.6 Å². The average Bonchev–Trinajstić information content (AvgIpc) is 3.19. The number of carbonyl (C=O) groups is 2. The van der Waals surface area contributed by atoms with Gasteiger partial charge < -0.3 is 16.4 Å². The lowest BCUT2D eigenvalue weighted by molar-refractivity contribution is -0.121. The molecule has 0 radical (unpaired) electrons. The molecule has 29 heavy (non-hydrogen) atoms. The van der Waals surface area contributed by atoms with E-state index in [4.69, 9.17) is 5.73 Å². The fourth-order valence-electron chi connectivity index (χ4n) is 3.02. The Bertz CT molecular complexity index is 948. The highest BCUT2D eigenvalue weighted by molar-refractivity contribution is 7.89. The van der Waals surface area contributed by atoms with Gasteiger partial charge in [0, 0.05) is 31.2 Å². The number of pyridine rings is 1. The number of urea groups is 1. The van der Waals surface area contributed by atoms with E-state index in [0.29, 0.717) is 25.1 Å². The smallest absolute Gasteiger partial charge is 0.319 e. The quantitative estimate of drug-likeness (QED) is 0.655. The fourth-order valence-corrected chi connectivity index (χ4v) is 4.68. The van der Waals surface area contributed by atoms with Gasteiger partial charge in [0.2, 0.25) is 15.9 Å². The summed E-state index contributed by atoms with van der Waals surface area (Å²) in [6.07, 6.45) is 4.31. The standard InChI is InChI=1S/C18H21N5O4S.CH4/c19-17(24)16-4-2-10-23(16)28(26,27)15-7-5-14(6-8-15)22-18(25)21-12-13-3-1-9-20-11-13;/h1,3,5-9,11,16H,2,4,10,12H2,(H2,19,24)(H2,21,22,25);1H4/t16-;/m1./s1. The van der Waals surface area contributed by atoms with Gasteiger partial charge in [-0.25, -0.2) is 13.2 Å². The topological polar surface area (TPSA) is 134 Å². The number of benzene rings is 1. The number of amides is 3. The first-order chi connectivity index (χ1) is 13.4. The van der Waals surface area contributed by atoms with Crippen LogP contribution >= 0.6 is 0 Å². The third kappa shape index (κ3) is 5.30. The Morgan fingerprint density at radius 1 is 1.21 bits per heavy atom. The van der Waals surface area contributed by atoms with Gasteiger partial charge in [-0.05, 0) is 48.7 Å². The van der Waals surface area contributed by atoms with Gasteiger partial charge in [0.1, 0.15) is 6.04 Å². The minimum atomic E-state index is -3.83. The van der Waals surface area contributed by atoms with Gasteiger partial charge in [-0.1, -0.05) is 13.5 Å². The zero-order chi connectivity index (χ0) is 20.1. The lowest BCUT2D eigenvalue weighted by Gasteiger charge is -2.21. The normalized spacial score (nSPS) is 16.6. The predicted octanol–water partition coefficient (Wildman–Crippen LogP) is 1.68. The van der Waals surface area contributed by atoms with Crippen molar-refractivity contribution >= 4 is 27.6 Å². The number of aromatic nitrogens is 1. The van der Waals surface area contributed by atoms with Crippen molar-refractivity contribution in [3.8, 4) is 0 Å². The molecule has 2 aromatic rings. The molecule has 9 nitrogen and oxygen atoms in total. The molecule has 0 unspecified atom stereocenters. The summed E-state index contributed by atoms with van der Waals surface area (Å²) in [5.74, 6) is -0.648. The van der Waals surface area contributed by atoms with Gasteiger partial charge in [0.25, 0.3) is 0 Å². The molecule has 156 valence electrons. The number of hydrogen-bond donors (Lipinski definition) is 3. The lowest BCUT2D eigenvalue weighted by Crippen LogP contribution is -2.43. The average molecular weight is 420 g/mol. The third-order valence-corrected chi connectivity index (χ3v) is 6.35. The van der Waals surface area contributed by atoms with E-state index in [1.54, 1.807) is 18.5 Å². The molecule has 1 aromatic carbocycles.